The smallest absolute Gasteiger partial charge is 0.246 e. The van der Waals surface area contributed by atoms with Crippen molar-refractivity contribution >= 4 is 11.6 Å². The molecule has 19 heavy (non-hydrogen) atoms. The molecule has 1 heterocycles. The van der Waals surface area contributed by atoms with Gasteiger partial charge in [-0.2, -0.15) is 0 Å². The third-order valence-corrected chi connectivity index (χ3v) is 3.83. The molecule has 4 nitrogen and oxygen atoms in total. The van der Waals surface area contributed by atoms with Crippen LogP contribution in [0.15, 0.2) is 24.3 Å². The van der Waals surface area contributed by atoms with E-state index < -0.39 is 11.9 Å². The van der Waals surface area contributed by atoms with Crippen LogP contribution in [0.3, 0.4) is 0 Å². The summed E-state index contributed by atoms with van der Waals surface area (Å²) in [6, 6.07) is 5.58. The van der Waals surface area contributed by atoms with Gasteiger partial charge in [-0.3, -0.25) is 9.69 Å². The fourth-order valence-corrected chi connectivity index (χ4v) is 2.42. The quantitative estimate of drug-likeness (QED) is 0.876. The number of halogens is 1. The Balaban J connectivity index is 2.41. The average molecular weight is 266 g/mol. The van der Waals surface area contributed by atoms with Crippen LogP contribution >= 0.6 is 0 Å². The standard InChI is InChI=1S/C14H19FN2O2/c1-14(2)9-17(11-7-5-4-6-10(11)15)13(19)12(8-18)16(14)3/h4-7,12,18H,8-9H2,1-3H3. The molecule has 0 aromatic heterocycles. The minimum absolute atomic E-state index is 0.269. The first-order valence-electron chi connectivity index (χ1n) is 6.28. The number of likely N-dealkylation sites (N-methyl/N-ethyl adjacent to an activating group) is 1. The Morgan fingerprint density at radius 2 is 2.05 bits per heavy atom. The first-order chi connectivity index (χ1) is 8.88. The van der Waals surface area contributed by atoms with Gasteiger partial charge in [0.15, 0.2) is 0 Å². The van der Waals surface area contributed by atoms with Gasteiger partial charge in [0, 0.05) is 12.1 Å². The third-order valence-electron chi connectivity index (χ3n) is 3.83. The van der Waals surface area contributed by atoms with E-state index in [0.717, 1.165) is 0 Å². The second-order valence-electron chi connectivity index (χ2n) is 5.50. The lowest BCUT2D eigenvalue weighted by atomic mass is 9.94. The van der Waals surface area contributed by atoms with E-state index in [1.165, 1.54) is 11.0 Å². The van der Waals surface area contributed by atoms with Crippen molar-refractivity contribution < 1.29 is 14.3 Å². The highest BCUT2D eigenvalue weighted by Gasteiger charge is 2.43. The van der Waals surface area contributed by atoms with Gasteiger partial charge >= 0.3 is 0 Å². The molecule has 1 aliphatic heterocycles. The Bertz CT molecular complexity index is 490. The van der Waals surface area contributed by atoms with Crippen molar-refractivity contribution in [3.8, 4) is 0 Å². The van der Waals surface area contributed by atoms with Gasteiger partial charge in [0.25, 0.3) is 0 Å². The van der Waals surface area contributed by atoms with Crippen molar-refractivity contribution in [3.05, 3.63) is 30.1 Å². The van der Waals surface area contributed by atoms with E-state index in [-0.39, 0.29) is 23.7 Å². The molecule has 1 fully saturated rings. The van der Waals surface area contributed by atoms with E-state index in [1.54, 1.807) is 25.2 Å². The number of rotatable bonds is 2. The highest BCUT2D eigenvalue weighted by Crippen LogP contribution is 2.29. The molecule has 5 heteroatoms. The highest BCUT2D eigenvalue weighted by molar-refractivity contribution is 5.98. The van der Waals surface area contributed by atoms with Crippen molar-refractivity contribution in [1.82, 2.24) is 4.90 Å². The number of para-hydroxylation sites is 1. The second kappa shape index (κ2) is 4.90. The molecular formula is C14H19FN2O2. The lowest BCUT2D eigenvalue weighted by Crippen LogP contribution is -2.66. The third kappa shape index (κ3) is 2.35. The lowest BCUT2D eigenvalue weighted by molar-refractivity contribution is -0.131. The number of piperazine rings is 1. The Hall–Kier alpha value is -1.46. The number of nitrogens with zero attached hydrogens (tertiary/aromatic N) is 2. The summed E-state index contributed by atoms with van der Waals surface area (Å²) >= 11 is 0. The van der Waals surface area contributed by atoms with Gasteiger partial charge in [0.05, 0.1) is 12.3 Å². The summed E-state index contributed by atoms with van der Waals surface area (Å²) < 4.78 is 13.9. The number of anilines is 1. The normalized spacial score (nSPS) is 23.7. The zero-order valence-corrected chi connectivity index (χ0v) is 11.4. The Kier molecular flexibility index (Phi) is 3.60. The summed E-state index contributed by atoms with van der Waals surface area (Å²) in [7, 11) is 1.80. The number of amides is 1. The summed E-state index contributed by atoms with van der Waals surface area (Å²) in [5.41, 5.74) is -0.0593. The Morgan fingerprint density at radius 1 is 1.42 bits per heavy atom. The topological polar surface area (TPSA) is 43.8 Å². The largest absolute Gasteiger partial charge is 0.394 e. The zero-order valence-electron chi connectivity index (χ0n) is 11.4. The minimum atomic E-state index is -0.636. The van der Waals surface area contributed by atoms with Crippen LogP contribution in [0.1, 0.15) is 13.8 Å². The molecule has 0 aliphatic carbocycles. The highest BCUT2D eigenvalue weighted by atomic mass is 19.1. The minimum Gasteiger partial charge on any atom is -0.394 e. The Morgan fingerprint density at radius 3 is 2.63 bits per heavy atom. The van der Waals surface area contributed by atoms with E-state index >= 15 is 0 Å². The maximum Gasteiger partial charge on any atom is 0.246 e. The van der Waals surface area contributed by atoms with Crippen LogP contribution in [0.2, 0.25) is 0 Å². The number of aliphatic hydroxyl groups excluding tert-OH is 1. The van der Waals surface area contributed by atoms with Gasteiger partial charge in [0.1, 0.15) is 11.9 Å². The lowest BCUT2D eigenvalue weighted by Gasteiger charge is -2.48. The van der Waals surface area contributed by atoms with Crippen molar-refractivity contribution in [2.45, 2.75) is 25.4 Å². The van der Waals surface area contributed by atoms with E-state index in [9.17, 15) is 14.3 Å². The fraction of sp³-hybridized carbons (Fsp3) is 0.500. The van der Waals surface area contributed by atoms with Crippen LogP contribution in [0, 0.1) is 5.82 Å². The molecule has 1 unspecified atom stereocenters. The van der Waals surface area contributed by atoms with Crippen molar-refractivity contribution in [3.63, 3.8) is 0 Å². The average Bonchev–Trinajstić information content (AvgIpc) is 2.36. The number of hydrogen-bond donors (Lipinski definition) is 1. The summed E-state index contributed by atoms with van der Waals surface area (Å²) in [5.74, 6) is -0.692. The molecule has 1 aromatic rings. The molecule has 0 spiro atoms. The predicted octanol–water partition coefficient (Wildman–Crippen LogP) is 1.24. The Labute approximate surface area is 112 Å². The molecular weight excluding hydrogens is 247 g/mol. The summed E-state index contributed by atoms with van der Waals surface area (Å²) in [6.45, 7) is 4.05. The SMILES string of the molecule is CN1C(CO)C(=O)N(c2ccccc2F)CC1(C)C. The second-order valence-corrected chi connectivity index (χ2v) is 5.50. The van der Waals surface area contributed by atoms with E-state index in [4.69, 9.17) is 0 Å². The van der Waals surface area contributed by atoms with Crippen molar-refractivity contribution in [1.29, 1.82) is 0 Å². The summed E-state index contributed by atoms with van der Waals surface area (Å²) in [4.78, 5) is 15.6. The van der Waals surface area contributed by atoms with E-state index in [0.29, 0.717) is 6.54 Å². The first kappa shape index (κ1) is 14.0. The number of carbonyl (C=O) groups excluding carboxylic acids is 1. The monoisotopic (exact) mass is 266 g/mol. The van der Waals surface area contributed by atoms with Crippen LogP contribution in [0.4, 0.5) is 10.1 Å². The predicted molar refractivity (Wildman–Crippen MR) is 71.5 cm³/mol. The van der Waals surface area contributed by atoms with Gasteiger partial charge in [-0.05, 0) is 33.0 Å². The number of benzene rings is 1. The molecule has 1 aliphatic rings. The van der Waals surface area contributed by atoms with Crippen LogP contribution in [-0.2, 0) is 4.79 Å². The van der Waals surface area contributed by atoms with Crippen molar-refractivity contribution in [2.24, 2.45) is 0 Å². The summed E-state index contributed by atoms with van der Waals surface area (Å²) in [5, 5.41) is 9.42. The van der Waals surface area contributed by atoms with E-state index in [2.05, 4.69) is 0 Å². The molecule has 1 saturated heterocycles. The van der Waals surface area contributed by atoms with Gasteiger partial charge in [-0.15, -0.1) is 0 Å². The molecule has 0 saturated carbocycles. The zero-order chi connectivity index (χ0) is 14.2. The van der Waals surface area contributed by atoms with Crippen LogP contribution in [0.5, 0.6) is 0 Å². The molecule has 1 aromatic carbocycles. The number of hydrogen-bond acceptors (Lipinski definition) is 3. The molecule has 2 rings (SSSR count). The maximum absolute atomic E-state index is 13.9. The molecule has 104 valence electrons. The fourth-order valence-electron chi connectivity index (χ4n) is 2.42. The molecule has 1 atom stereocenters. The molecule has 0 bridgehead atoms. The summed E-state index contributed by atoms with van der Waals surface area (Å²) in [6.07, 6.45) is 0. The van der Waals surface area contributed by atoms with Gasteiger partial charge in [0.2, 0.25) is 5.91 Å². The van der Waals surface area contributed by atoms with E-state index in [1.807, 2.05) is 18.7 Å². The molecule has 1 N–H and O–H groups in total. The van der Waals surface area contributed by atoms with Gasteiger partial charge in [-0.25, -0.2) is 4.39 Å². The maximum atomic E-state index is 13.9. The number of aliphatic hydroxyl groups is 1. The van der Waals surface area contributed by atoms with Crippen LogP contribution < -0.4 is 4.90 Å². The molecule has 0 radical (unpaired) electrons. The van der Waals surface area contributed by atoms with Gasteiger partial charge < -0.3 is 10.0 Å². The molecule has 1 amide bonds. The number of carbonyl (C=O) groups is 1. The van der Waals surface area contributed by atoms with Crippen LogP contribution in [-0.4, -0.2) is 47.7 Å². The van der Waals surface area contributed by atoms with Gasteiger partial charge in [-0.1, -0.05) is 12.1 Å². The van der Waals surface area contributed by atoms with Crippen molar-refractivity contribution in [2.75, 3.05) is 25.1 Å². The first-order valence-corrected chi connectivity index (χ1v) is 6.28. The van der Waals surface area contributed by atoms with Crippen LogP contribution in [0.25, 0.3) is 0 Å².